The summed E-state index contributed by atoms with van der Waals surface area (Å²) in [6.45, 7) is 1.56. The number of hydrogen-bond donors (Lipinski definition) is 0. The van der Waals surface area contributed by atoms with E-state index < -0.39 is 10.4 Å². The molecule has 0 aliphatic heterocycles. The molecule has 15 heavy (non-hydrogen) atoms. The standard InChI is InChI=1S/C8H7Cl4O2P/c1-8(9,10)6-4-2-3-5-7(6)14-15(11,12)13/h2-5H,1H3. The van der Waals surface area contributed by atoms with Gasteiger partial charge >= 0.3 is 6.07 Å². The molecule has 0 bridgehead atoms. The van der Waals surface area contributed by atoms with Crippen molar-refractivity contribution >= 4 is 51.8 Å². The van der Waals surface area contributed by atoms with Gasteiger partial charge in [-0.15, -0.1) is 0 Å². The minimum atomic E-state index is -3.66. The maximum atomic E-state index is 11.1. The summed E-state index contributed by atoms with van der Waals surface area (Å²) in [4.78, 5) is 0. The molecule has 0 fully saturated rings. The average Bonchev–Trinajstić information content (AvgIpc) is 1.99. The minimum Gasteiger partial charge on any atom is -0.422 e. The highest BCUT2D eigenvalue weighted by Crippen LogP contribution is 2.58. The van der Waals surface area contributed by atoms with Gasteiger partial charge in [-0.1, -0.05) is 41.4 Å². The normalized spacial score (nSPS) is 12.6. The van der Waals surface area contributed by atoms with Crippen LogP contribution in [0.25, 0.3) is 0 Å². The lowest BCUT2D eigenvalue weighted by Crippen LogP contribution is -2.05. The van der Waals surface area contributed by atoms with Crippen LogP contribution in [0.15, 0.2) is 24.3 Å². The van der Waals surface area contributed by atoms with Crippen molar-refractivity contribution in [1.82, 2.24) is 0 Å². The van der Waals surface area contributed by atoms with Crippen LogP contribution >= 0.6 is 51.8 Å². The predicted octanol–water partition coefficient (Wildman–Crippen LogP) is 5.30. The van der Waals surface area contributed by atoms with Crippen molar-refractivity contribution in [3.05, 3.63) is 29.8 Å². The molecule has 1 rings (SSSR count). The lowest BCUT2D eigenvalue weighted by atomic mass is 10.1. The molecule has 0 aromatic heterocycles. The lowest BCUT2D eigenvalue weighted by Gasteiger charge is -2.18. The van der Waals surface area contributed by atoms with Crippen LogP contribution in [0.1, 0.15) is 12.5 Å². The van der Waals surface area contributed by atoms with Gasteiger partial charge in [0.2, 0.25) is 0 Å². The van der Waals surface area contributed by atoms with E-state index in [0.717, 1.165) is 0 Å². The number of hydrogen-bond acceptors (Lipinski definition) is 2. The Morgan fingerprint density at radius 1 is 1.27 bits per heavy atom. The zero-order valence-corrected chi connectivity index (χ0v) is 11.5. The Morgan fingerprint density at radius 3 is 2.27 bits per heavy atom. The summed E-state index contributed by atoms with van der Waals surface area (Å²) in [5.74, 6) is 0.207. The van der Waals surface area contributed by atoms with E-state index in [9.17, 15) is 4.57 Å². The summed E-state index contributed by atoms with van der Waals surface area (Å²) in [7, 11) is 0. The summed E-state index contributed by atoms with van der Waals surface area (Å²) in [5, 5.41) is 0. The van der Waals surface area contributed by atoms with Gasteiger partial charge in [-0.25, -0.2) is 4.57 Å². The first-order chi connectivity index (χ1) is 6.70. The predicted molar refractivity (Wildman–Crippen MR) is 65.4 cm³/mol. The van der Waals surface area contributed by atoms with Gasteiger partial charge in [-0.3, -0.25) is 0 Å². The number of para-hydroxylation sites is 1. The van der Waals surface area contributed by atoms with Gasteiger partial charge in [0.1, 0.15) is 10.1 Å². The van der Waals surface area contributed by atoms with Gasteiger partial charge in [0.05, 0.1) is 0 Å². The molecule has 2 nitrogen and oxygen atoms in total. The molecule has 0 aliphatic carbocycles. The summed E-state index contributed by atoms with van der Waals surface area (Å²) < 4.78 is 14.8. The first-order valence-corrected chi connectivity index (χ1v) is 8.05. The molecule has 0 radical (unpaired) electrons. The van der Waals surface area contributed by atoms with Crippen molar-refractivity contribution < 1.29 is 9.09 Å². The number of benzene rings is 1. The van der Waals surface area contributed by atoms with E-state index in [1.807, 2.05) is 0 Å². The summed E-state index contributed by atoms with van der Waals surface area (Å²) in [6, 6.07) is 6.56. The van der Waals surface area contributed by atoms with Crippen LogP contribution in [0, 0.1) is 0 Å². The monoisotopic (exact) mass is 306 g/mol. The van der Waals surface area contributed by atoms with E-state index in [4.69, 9.17) is 50.2 Å². The first kappa shape index (κ1) is 13.5. The van der Waals surface area contributed by atoms with Crippen molar-refractivity contribution in [3.63, 3.8) is 0 Å². The fourth-order valence-corrected chi connectivity index (χ4v) is 2.17. The Balaban J connectivity index is 3.14. The Labute approximate surface area is 107 Å². The molecular weight excluding hydrogens is 301 g/mol. The third kappa shape index (κ3) is 4.42. The lowest BCUT2D eigenvalue weighted by molar-refractivity contribution is 0.509. The second kappa shape index (κ2) is 4.73. The zero-order chi connectivity index (χ0) is 11.7. The van der Waals surface area contributed by atoms with Crippen molar-refractivity contribution in [1.29, 1.82) is 0 Å². The second-order valence-electron chi connectivity index (χ2n) is 2.89. The molecule has 0 heterocycles. The highest BCUT2D eigenvalue weighted by molar-refractivity contribution is 8.05. The minimum absolute atomic E-state index is 0.207. The molecule has 0 atom stereocenters. The number of halogens is 4. The van der Waals surface area contributed by atoms with E-state index in [1.165, 1.54) is 6.07 Å². The SMILES string of the molecule is CC(Cl)(Cl)c1ccccc1OP(=O)(Cl)Cl. The van der Waals surface area contributed by atoms with Crippen molar-refractivity contribution in [2.24, 2.45) is 0 Å². The van der Waals surface area contributed by atoms with Crippen LogP contribution in [0.3, 0.4) is 0 Å². The van der Waals surface area contributed by atoms with E-state index >= 15 is 0 Å². The third-order valence-corrected chi connectivity index (χ3v) is 2.80. The maximum Gasteiger partial charge on any atom is 0.428 e. The Morgan fingerprint density at radius 2 is 1.80 bits per heavy atom. The Bertz CT molecular complexity index is 396. The fraction of sp³-hybridized carbons (Fsp3) is 0.250. The van der Waals surface area contributed by atoms with E-state index in [2.05, 4.69) is 0 Å². The van der Waals surface area contributed by atoms with Crippen LogP contribution in [-0.2, 0) is 8.90 Å². The first-order valence-electron chi connectivity index (χ1n) is 3.86. The average molecular weight is 308 g/mol. The molecule has 0 amide bonds. The molecule has 0 aliphatic rings. The number of alkyl halides is 2. The second-order valence-corrected chi connectivity index (χ2v) is 8.80. The molecule has 84 valence electrons. The Hall–Kier alpha value is 0.410. The number of rotatable bonds is 3. The molecule has 0 N–H and O–H groups in total. The van der Waals surface area contributed by atoms with Gasteiger partial charge < -0.3 is 4.52 Å². The van der Waals surface area contributed by atoms with Crippen LogP contribution < -0.4 is 4.52 Å². The molecule has 0 saturated carbocycles. The van der Waals surface area contributed by atoms with Crippen molar-refractivity contribution in [2.75, 3.05) is 0 Å². The highest BCUT2D eigenvalue weighted by Gasteiger charge is 2.27. The van der Waals surface area contributed by atoms with Crippen LogP contribution in [0.5, 0.6) is 5.75 Å². The largest absolute Gasteiger partial charge is 0.428 e. The van der Waals surface area contributed by atoms with E-state index in [1.54, 1.807) is 25.1 Å². The molecular formula is C8H7Cl4O2P. The molecule has 1 aromatic carbocycles. The Kier molecular flexibility index (Phi) is 4.25. The van der Waals surface area contributed by atoms with Gasteiger partial charge in [0.15, 0.2) is 0 Å². The van der Waals surface area contributed by atoms with Gasteiger partial charge in [0, 0.05) is 28.0 Å². The van der Waals surface area contributed by atoms with E-state index in [-0.39, 0.29) is 5.75 Å². The van der Waals surface area contributed by atoms with Gasteiger partial charge in [-0.05, 0) is 13.0 Å². The zero-order valence-electron chi connectivity index (χ0n) is 7.58. The van der Waals surface area contributed by atoms with Gasteiger partial charge in [0.25, 0.3) is 0 Å². The van der Waals surface area contributed by atoms with E-state index in [0.29, 0.717) is 5.56 Å². The van der Waals surface area contributed by atoms with Gasteiger partial charge in [-0.2, -0.15) is 0 Å². The quantitative estimate of drug-likeness (QED) is 0.559. The van der Waals surface area contributed by atoms with Crippen molar-refractivity contribution in [3.8, 4) is 5.75 Å². The van der Waals surface area contributed by atoms with Crippen LogP contribution in [-0.4, -0.2) is 0 Å². The molecule has 0 unspecified atom stereocenters. The van der Waals surface area contributed by atoms with Crippen LogP contribution in [0.2, 0.25) is 0 Å². The van der Waals surface area contributed by atoms with Crippen LogP contribution in [0.4, 0.5) is 0 Å². The fourth-order valence-electron chi connectivity index (χ4n) is 1.02. The maximum absolute atomic E-state index is 11.1. The third-order valence-electron chi connectivity index (χ3n) is 1.56. The topological polar surface area (TPSA) is 26.3 Å². The summed E-state index contributed by atoms with van der Waals surface area (Å²) >= 11 is 22.4. The summed E-state index contributed by atoms with van der Waals surface area (Å²) in [6.07, 6.45) is -3.66. The molecule has 1 aromatic rings. The molecule has 0 spiro atoms. The highest BCUT2D eigenvalue weighted by atomic mass is 35.9. The molecule has 0 saturated heterocycles. The van der Waals surface area contributed by atoms with Crippen molar-refractivity contribution in [2.45, 2.75) is 11.3 Å². The molecule has 7 heteroatoms. The smallest absolute Gasteiger partial charge is 0.422 e. The summed E-state index contributed by atoms with van der Waals surface area (Å²) in [5.41, 5.74) is 0.454.